The predicted molar refractivity (Wildman–Crippen MR) is 151 cm³/mol. The van der Waals surface area contributed by atoms with Crippen molar-refractivity contribution in [3.05, 3.63) is 68.7 Å². The highest BCUT2D eigenvalue weighted by Gasteiger charge is 2.41. The third kappa shape index (κ3) is 6.80. The van der Waals surface area contributed by atoms with Crippen LogP contribution in [-0.4, -0.2) is 61.2 Å². The van der Waals surface area contributed by atoms with Crippen LogP contribution in [0.15, 0.2) is 41.2 Å². The van der Waals surface area contributed by atoms with Gasteiger partial charge in [0.1, 0.15) is 19.7 Å². The van der Waals surface area contributed by atoms with E-state index in [4.69, 9.17) is 4.74 Å². The van der Waals surface area contributed by atoms with Crippen LogP contribution in [0.4, 0.5) is 10.3 Å². The number of nitrogens with one attached hydrogen (secondary N) is 1. The topological polar surface area (TPSA) is 148 Å². The van der Waals surface area contributed by atoms with Crippen LogP contribution >= 0.6 is 18.5 Å². The molecule has 0 saturated heterocycles. The Morgan fingerprint density at radius 1 is 1.25 bits per heavy atom. The van der Waals surface area contributed by atoms with Crippen molar-refractivity contribution in [1.29, 1.82) is 0 Å². The van der Waals surface area contributed by atoms with E-state index >= 15 is 0 Å². The summed E-state index contributed by atoms with van der Waals surface area (Å²) in [6, 6.07) is 8.37. The minimum atomic E-state index is -4.06. The number of hydrogen-bond donors (Lipinski definition) is 2. The van der Waals surface area contributed by atoms with E-state index in [1.54, 1.807) is 25.5 Å². The van der Waals surface area contributed by atoms with E-state index in [9.17, 15) is 32.1 Å². The standard InChI is InChI=1S/C25H30FN4O7PS2/c1-37-15-29-24(33)22(31)21(23(32)27-14-16-4-6-17(26)7-5-16)28-25(29)30(18-8-9-18)40(35,36)13-12-19-10-11-20(39-19)38(2,3)34/h4-7,10-11,18,31H,8-9,12-15H2,1-3H3,(H,27,32). The van der Waals surface area contributed by atoms with Crippen LogP contribution in [0.5, 0.6) is 5.75 Å². The van der Waals surface area contributed by atoms with E-state index in [-0.39, 0.29) is 24.7 Å². The van der Waals surface area contributed by atoms with Gasteiger partial charge in [-0.15, -0.1) is 11.3 Å². The van der Waals surface area contributed by atoms with Crippen LogP contribution < -0.4 is 19.8 Å². The molecule has 0 atom stereocenters. The highest BCUT2D eigenvalue weighted by molar-refractivity contribution is 7.92. The predicted octanol–water partition coefficient (Wildman–Crippen LogP) is 2.47. The molecule has 0 radical (unpaired) electrons. The lowest BCUT2D eigenvalue weighted by atomic mass is 10.2. The average molecular weight is 613 g/mol. The Labute approximate surface area is 235 Å². The molecule has 2 heterocycles. The summed E-state index contributed by atoms with van der Waals surface area (Å²) in [4.78, 5) is 31.0. The molecule has 0 bridgehead atoms. The van der Waals surface area contributed by atoms with Crippen molar-refractivity contribution in [3.8, 4) is 5.75 Å². The highest BCUT2D eigenvalue weighted by Crippen LogP contribution is 2.38. The first-order valence-corrected chi connectivity index (χ1v) is 17.4. The number of ether oxygens (including phenoxy) is 1. The monoisotopic (exact) mass is 612 g/mol. The minimum absolute atomic E-state index is 0.0490. The summed E-state index contributed by atoms with van der Waals surface area (Å²) in [5, 5.41) is 13.1. The van der Waals surface area contributed by atoms with Gasteiger partial charge in [-0.3, -0.25) is 14.2 Å². The number of anilines is 1. The van der Waals surface area contributed by atoms with E-state index in [1.165, 1.54) is 42.7 Å². The van der Waals surface area contributed by atoms with Gasteiger partial charge in [-0.2, -0.15) is 0 Å². The van der Waals surface area contributed by atoms with Crippen LogP contribution in [0.25, 0.3) is 0 Å². The van der Waals surface area contributed by atoms with Gasteiger partial charge in [0, 0.05) is 24.6 Å². The molecule has 1 amide bonds. The first kappa shape index (κ1) is 29.9. The van der Waals surface area contributed by atoms with Gasteiger partial charge >= 0.3 is 0 Å². The molecule has 216 valence electrons. The number of carbonyl (C=O) groups excluding carboxylic acids is 1. The van der Waals surface area contributed by atoms with Gasteiger partial charge in [-0.1, -0.05) is 12.1 Å². The SMILES string of the molecule is COCn1c(N(C2CC2)S(=O)(=O)CCc2ccc(P(C)(C)=O)s2)nc(C(=O)NCc2ccc(F)cc2)c(O)c1=O. The van der Waals surface area contributed by atoms with E-state index in [0.29, 0.717) is 23.0 Å². The Morgan fingerprint density at radius 3 is 2.50 bits per heavy atom. The van der Waals surface area contributed by atoms with Crippen LogP contribution in [0.1, 0.15) is 33.8 Å². The van der Waals surface area contributed by atoms with Gasteiger partial charge < -0.3 is 19.7 Å². The normalized spacial score (nSPS) is 13.8. The molecule has 3 aromatic rings. The van der Waals surface area contributed by atoms with E-state index in [2.05, 4.69) is 10.3 Å². The lowest BCUT2D eigenvalue weighted by Gasteiger charge is -2.26. The van der Waals surface area contributed by atoms with Crippen molar-refractivity contribution < 1.29 is 32.0 Å². The van der Waals surface area contributed by atoms with Gasteiger partial charge in [-0.25, -0.2) is 22.1 Å². The van der Waals surface area contributed by atoms with Gasteiger partial charge in [0.15, 0.2) is 5.69 Å². The number of aromatic hydroxyl groups is 1. The fourth-order valence-corrected chi connectivity index (χ4v) is 8.18. The smallest absolute Gasteiger partial charge is 0.299 e. The minimum Gasteiger partial charge on any atom is -0.501 e. The molecule has 1 aromatic carbocycles. The summed E-state index contributed by atoms with van der Waals surface area (Å²) in [5.41, 5.74) is -1.12. The van der Waals surface area contributed by atoms with Gasteiger partial charge in [0.05, 0.1) is 10.4 Å². The molecule has 40 heavy (non-hydrogen) atoms. The molecule has 15 heteroatoms. The number of benzene rings is 1. The number of methoxy groups -OCH3 is 1. The number of nitrogens with zero attached hydrogens (tertiary/aromatic N) is 3. The quantitative estimate of drug-likeness (QED) is 0.297. The summed E-state index contributed by atoms with van der Waals surface area (Å²) in [6.07, 6.45) is 1.19. The third-order valence-corrected chi connectivity index (χ3v) is 11.7. The number of hydrogen-bond acceptors (Lipinski definition) is 9. The van der Waals surface area contributed by atoms with Gasteiger partial charge in [-0.05, 0) is 62.4 Å². The largest absolute Gasteiger partial charge is 0.501 e. The zero-order chi connectivity index (χ0) is 29.2. The van der Waals surface area contributed by atoms with Crippen molar-refractivity contribution in [3.63, 3.8) is 0 Å². The lowest BCUT2D eigenvalue weighted by molar-refractivity contribution is 0.0939. The number of halogens is 1. The Balaban J connectivity index is 1.66. The molecule has 1 aliphatic carbocycles. The molecule has 1 fully saturated rings. The number of rotatable bonds is 12. The first-order valence-electron chi connectivity index (χ1n) is 12.3. The van der Waals surface area contributed by atoms with Crippen molar-refractivity contribution in [1.82, 2.24) is 14.9 Å². The van der Waals surface area contributed by atoms with Crippen molar-refractivity contribution >= 4 is 45.0 Å². The van der Waals surface area contributed by atoms with Gasteiger partial charge in [0.2, 0.25) is 21.7 Å². The third-order valence-electron chi connectivity index (χ3n) is 6.12. The second kappa shape index (κ2) is 11.8. The zero-order valence-corrected chi connectivity index (χ0v) is 24.7. The number of carbonyl (C=O) groups is 1. The Hall–Kier alpha value is -3.06. The summed E-state index contributed by atoms with van der Waals surface area (Å²) in [7, 11) is -5.25. The van der Waals surface area contributed by atoms with E-state index in [0.717, 1.165) is 13.7 Å². The maximum atomic E-state index is 13.6. The molecule has 1 aliphatic rings. The van der Waals surface area contributed by atoms with Crippen LogP contribution in [0, 0.1) is 5.82 Å². The van der Waals surface area contributed by atoms with E-state index < -0.39 is 58.7 Å². The maximum absolute atomic E-state index is 13.6. The summed E-state index contributed by atoms with van der Waals surface area (Å²) in [6.45, 7) is 2.83. The Kier molecular flexibility index (Phi) is 8.83. The molecule has 4 rings (SSSR count). The summed E-state index contributed by atoms with van der Waals surface area (Å²) >= 11 is 1.29. The molecule has 0 unspecified atom stereocenters. The molecule has 2 aromatic heterocycles. The molecular weight excluding hydrogens is 582 g/mol. The van der Waals surface area contributed by atoms with Crippen molar-refractivity contribution in [2.24, 2.45) is 0 Å². The second-order valence-corrected chi connectivity index (χ2v) is 16.4. The summed E-state index contributed by atoms with van der Waals surface area (Å²) < 4.78 is 60.5. The molecule has 11 nitrogen and oxygen atoms in total. The first-order chi connectivity index (χ1) is 18.8. The van der Waals surface area contributed by atoms with Crippen LogP contribution in [0.2, 0.25) is 0 Å². The fraction of sp³-hybridized carbons (Fsp3) is 0.400. The van der Waals surface area contributed by atoms with Gasteiger partial charge in [0.25, 0.3) is 11.5 Å². The van der Waals surface area contributed by atoms with Crippen molar-refractivity contribution in [2.45, 2.75) is 38.6 Å². The Morgan fingerprint density at radius 2 is 1.93 bits per heavy atom. The molecule has 2 N–H and O–H groups in total. The van der Waals surface area contributed by atoms with E-state index in [1.807, 2.05) is 0 Å². The van der Waals surface area contributed by atoms with Crippen molar-refractivity contribution in [2.75, 3.05) is 30.5 Å². The number of thiophene rings is 1. The molecular formula is C25H30FN4O7PS2. The highest BCUT2D eigenvalue weighted by atomic mass is 32.2. The number of sulfonamides is 1. The molecule has 0 aliphatic heterocycles. The summed E-state index contributed by atoms with van der Waals surface area (Å²) in [5.74, 6) is -2.97. The number of amides is 1. The number of aromatic nitrogens is 2. The second-order valence-electron chi connectivity index (χ2n) is 9.75. The molecule has 1 saturated carbocycles. The van der Waals surface area contributed by atoms with Crippen LogP contribution in [0.3, 0.4) is 0 Å². The lowest BCUT2D eigenvalue weighted by Crippen LogP contribution is -2.41. The number of aryl methyl sites for hydroxylation is 1. The Bertz CT molecular complexity index is 1610. The maximum Gasteiger partial charge on any atom is 0.299 e. The molecule has 0 spiro atoms. The van der Waals surface area contributed by atoms with Crippen LogP contribution in [-0.2, 0) is 39.0 Å². The average Bonchev–Trinajstić information content (AvgIpc) is 3.59. The fourth-order valence-electron chi connectivity index (χ4n) is 3.92. The zero-order valence-electron chi connectivity index (χ0n) is 22.2.